The van der Waals surface area contributed by atoms with E-state index in [1.54, 1.807) is 0 Å². The van der Waals surface area contributed by atoms with Crippen LogP contribution in [0.25, 0.3) is 0 Å². The highest BCUT2D eigenvalue weighted by Crippen LogP contribution is 2.32. The van der Waals surface area contributed by atoms with Crippen molar-refractivity contribution in [2.24, 2.45) is 0 Å². The highest BCUT2D eigenvalue weighted by Gasteiger charge is 2.19. The number of nitrogens with zero attached hydrogens (tertiary/aromatic N) is 1. The van der Waals surface area contributed by atoms with Crippen molar-refractivity contribution in [3.05, 3.63) is 22.7 Å². The second kappa shape index (κ2) is 3.18. The fraction of sp³-hybridized carbons (Fsp3) is 0.167. The van der Waals surface area contributed by atoms with Gasteiger partial charge in [0.1, 0.15) is 0 Å². The molecule has 1 heterocycles. The van der Waals surface area contributed by atoms with Crippen LogP contribution < -0.4 is 5.73 Å². The van der Waals surface area contributed by atoms with Crippen molar-refractivity contribution in [1.82, 2.24) is 4.98 Å². The second-order valence-electron chi connectivity index (χ2n) is 2.02. The fourth-order valence-corrected chi connectivity index (χ4v) is 0.947. The normalized spacial score (nSPS) is 10.8. The van der Waals surface area contributed by atoms with Gasteiger partial charge in [0, 0.05) is 6.20 Å². The van der Waals surface area contributed by atoms with Gasteiger partial charge in [0.25, 0.3) is 6.43 Å². The van der Waals surface area contributed by atoms with Crippen molar-refractivity contribution in [2.75, 3.05) is 5.73 Å². The van der Waals surface area contributed by atoms with E-state index >= 15 is 0 Å². The van der Waals surface area contributed by atoms with Crippen molar-refractivity contribution in [1.29, 1.82) is 0 Å². The topological polar surface area (TPSA) is 38.9 Å². The van der Waals surface area contributed by atoms with Gasteiger partial charge in [0.05, 0.1) is 16.3 Å². The maximum absolute atomic E-state index is 12.5. The third-order valence-corrected chi connectivity index (χ3v) is 1.58. The van der Waals surface area contributed by atoms with Crippen LogP contribution in [-0.4, -0.2) is 4.98 Å². The van der Waals surface area contributed by atoms with Crippen LogP contribution in [0.1, 0.15) is 12.0 Å². The monoisotopic (exact) mass is 196 g/mol. The summed E-state index contributed by atoms with van der Waals surface area (Å²) >= 11 is 5.31. The van der Waals surface area contributed by atoms with Gasteiger partial charge in [-0.3, -0.25) is 0 Å². The van der Waals surface area contributed by atoms with Crippen LogP contribution in [0.15, 0.2) is 6.20 Å². The van der Waals surface area contributed by atoms with Gasteiger partial charge in [0.2, 0.25) is 5.95 Å². The van der Waals surface area contributed by atoms with Crippen molar-refractivity contribution >= 4 is 17.3 Å². The molecule has 0 saturated heterocycles. The Bertz CT molecular complexity index is 303. The first-order valence-electron chi connectivity index (χ1n) is 2.91. The third kappa shape index (κ3) is 1.45. The van der Waals surface area contributed by atoms with E-state index in [4.69, 9.17) is 17.3 Å². The lowest BCUT2D eigenvalue weighted by Crippen LogP contribution is -2.01. The van der Waals surface area contributed by atoms with E-state index < -0.39 is 23.6 Å². The smallest absolute Gasteiger partial charge is 0.267 e. The summed E-state index contributed by atoms with van der Waals surface area (Å²) in [6.07, 6.45) is -2.09. The number of alkyl halides is 2. The molecule has 2 nitrogen and oxygen atoms in total. The van der Waals surface area contributed by atoms with Gasteiger partial charge in [-0.25, -0.2) is 13.8 Å². The molecule has 66 valence electrons. The van der Waals surface area contributed by atoms with Gasteiger partial charge in [0.15, 0.2) is 0 Å². The number of nitrogens with two attached hydrogens (primary N) is 1. The molecule has 1 aromatic rings. The molecule has 6 heteroatoms. The summed E-state index contributed by atoms with van der Waals surface area (Å²) in [5.74, 6) is -1.13. The Balaban J connectivity index is 3.33. The average molecular weight is 197 g/mol. The molecule has 0 radical (unpaired) electrons. The molecule has 0 bridgehead atoms. The summed E-state index contributed by atoms with van der Waals surface area (Å²) in [7, 11) is 0. The number of aromatic nitrogens is 1. The summed E-state index contributed by atoms with van der Waals surface area (Å²) in [5, 5.41) is -0.330. The molecule has 0 unspecified atom stereocenters. The minimum Gasteiger partial charge on any atom is -0.395 e. The van der Waals surface area contributed by atoms with Gasteiger partial charge in [-0.05, 0) is 0 Å². The Morgan fingerprint density at radius 2 is 2.08 bits per heavy atom. The molecule has 0 atom stereocenters. The molecular formula is C6H4ClF3N2. The van der Waals surface area contributed by atoms with Crippen LogP contribution in [0.2, 0.25) is 5.02 Å². The van der Waals surface area contributed by atoms with Crippen molar-refractivity contribution < 1.29 is 13.2 Å². The number of pyridine rings is 1. The largest absolute Gasteiger partial charge is 0.395 e. The minimum atomic E-state index is -2.89. The lowest BCUT2D eigenvalue weighted by atomic mass is 10.2. The quantitative estimate of drug-likeness (QED) is 0.701. The van der Waals surface area contributed by atoms with E-state index in [0.29, 0.717) is 0 Å². The van der Waals surface area contributed by atoms with Crippen LogP contribution in [0.3, 0.4) is 0 Å². The highest BCUT2D eigenvalue weighted by atomic mass is 35.5. The van der Waals surface area contributed by atoms with E-state index in [1.807, 2.05) is 0 Å². The maximum Gasteiger partial charge on any atom is 0.267 e. The highest BCUT2D eigenvalue weighted by molar-refractivity contribution is 6.31. The molecule has 2 N–H and O–H groups in total. The molecule has 0 spiro atoms. The lowest BCUT2D eigenvalue weighted by Gasteiger charge is -2.05. The van der Waals surface area contributed by atoms with Gasteiger partial charge < -0.3 is 5.73 Å². The zero-order chi connectivity index (χ0) is 9.30. The number of hydrogen-bond donors (Lipinski definition) is 1. The minimum absolute atomic E-state index is 0.330. The van der Waals surface area contributed by atoms with Gasteiger partial charge in [-0.2, -0.15) is 4.39 Å². The molecule has 0 aliphatic rings. The van der Waals surface area contributed by atoms with E-state index in [0.717, 1.165) is 6.20 Å². The SMILES string of the molecule is Nc1c(F)ncc(Cl)c1C(F)F. The third-order valence-electron chi connectivity index (χ3n) is 1.28. The molecule has 0 aliphatic heterocycles. The Morgan fingerprint density at radius 1 is 1.50 bits per heavy atom. The molecule has 0 amide bonds. The predicted molar refractivity (Wildman–Crippen MR) is 38.6 cm³/mol. The van der Waals surface area contributed by atoms with E-state index in [1.165, 1.54) is 0 Å². The molecule has 0 fully saturated rings. The first kappa shape index (κ1) is 9.12. The van der Waals surface area contributed by atoms with Crippen LogP contribution in [-0.2, 0) is 0 Å². The van der Waals surface area contributed by atoms with E-state index in [-0.39, 0.29) is 5.02 Å². The summed E-state index contributed by atoms with van der Waals surface area (Å²) in [6.45, 7) is 0. The van der Waals surface area contributed by atoms with E-state index in [9.17, 15) is 13.2 Å². The zero-order valence-corrected chi connectivity index (χ0v) is 6.45. The maximum atomic E-state index is 12.5. The number of halogens is 4. The first-order chi connectivity index (χ1) is 5.54. The Hall–Kier alpha value is -0.970. The Labute approximate surface area is 71.2 Å². The molecule has 0 saturated carbocycles. The Kier molecular flexibility index (Phi) is 2.42. The average Bonchev–Trinajstić information content (AvgIpc) is 1.97. The molecular weight excluding hydrogens is 193 g/mol. The van der Waals surface area contributed by atoms with Gasteiger partial charge >= 0.3 is 0 Å². The first-order valence-corrected chi connectivity index (χ1v) is 3.29. The standard InChI is InChI=1S/C6H4ClF3N2/c7-2-1-12-6(10)4(11)3(2)5(8)9/h1,5H,11H2. The summed E-state index contributed by atoms with van der Waals surface area (Å²) in [4.78, 5) is 3.06. The number of anilines is 1. The molecule has 1 rings (SSSR count). The van der Waals surface area contributed by atoms with Crippen LogP contribution in [0.5, 0.6) is 0 Å². The van der Waals surface area contributed by atoms with Crippen LogP contribution in [0.4, 0.5) is 18.9 Å². The number of rotatable bonds is 1. The lowest BCUT2D eigenvalue weighted by molar-refractivity contribution is 0.152. The second-order valence-corrected chi connectivity index (χ2v) is 2.43. The number of nitrogen functional groups attached to an aromatic ring is 1. The summed E-state index contributed by atoms with van der Waals surface area (Å²) in [6, 6.07) is 0. The Morgan fingerprint density at radius 3 is 2.50 bits per heavy atom. The molecule has 0 aliphatic carbocycles. The summed E-state index contributed by atoms with van der Waals surface area (Å²) < 4.78 is 36.7. The zero-order valence-electron chi connectivity index (χ0n) is 5.69. The molecule has 0 aromatic carbocycles. The van der Waals surface area contributed by atoms with Crippen LogP contribution >= 0.6 is 11.6 Å². The number of hydrogen-bond acceptors (Lipinski definition) is 2. The fourth-order valence-electron chi connectivity index (χ4n) is 0.714. The van der Waals surface area contributed by atoms with Crippen molar-refractivity contribution in [3.8, 4) is 0 Å². The van der Waals surface area contributed by atoms with Crippen LogP contribution in [0, 0.1) is 5.95 Å². The van der Waals surface area contributed by atoms with Gasteiger partial charge in [-0.15, -0.1) is 0 Å². The summed E-state index contributed by atoms with van der Waals surface area (Å²) in [5.41, 5.74) is 3.58. The predicted octanol–water partition coefficient (Wildman–Crippen LogP) is 2.39. The van der Waals surface area contributed by atoms with Crippen molar-refractivity contribution in [3.63, 3.8) is 0 Å². The van der Waals surface area contributed by atoms with E-state index in [2.05, 4.69) is 4.98 Å². The molecule has 1 aromatic heterocycles. The van der Waals surface area contributed by atoms with Crippen molar-refractivity contribution in [2.45, 2.75) is 6.43 Å². The molecule has 12 heavy (non-hydrogen) atoms. The van der Waals surface area contributed by atoms with Gasteiger partial charge in [-0.1, -0.05) is 11.6 Å².